The molecule has 0 fully saturated rings. The molecule has 10 heteroatoms. The van der Waals surface area contributed by atoms with Crippen molar-refractivity contribution in [3.63, 3.8) is 0 Å². The summed E-state index contributed by atoms with van der Waals surface area (Å²) in [5.74, 6) is 0. The second kappa shape index (κ2) is 58.1. The summed E-state index contributed by atoms with van der Waals surface area (Å²) in [5, 5.41) is 30.1. The number of rotatable bonds is 29. The minimum atomic E-state index is 0. The molecular weight excluding hydrogens is 1830 g/mol. The van der Waals surface area contributed by atoms with E-state index >= 15 is 0 Å². The number of aryl methyl sites for hydroxylation is 2. The number of nitrogens with one attached hydrogen (secondary N) is 4. The lowest BCUT2D eigenvalue weighted by Crippen LogP contribution is -2.21. The summed E-state index contributed by atoms with van der Waals surface area (Å²) < 4.78 is 0. The van der Waals surface area contributed by atoms with Crippen molar-refractivity contribution in [1.29, 1.82) is 0 Å². The van der Waals surface area contributed by atoms with Crippen molar-refractivity contribution in [2.75, 3.05) is 139 Å². The van der Waals surface area contributed by atoms with Gasteiger partial charge in [0.15, 0.2) is 0 Å². The molecule has 0 unspecified atom stereocenters. The van der Waals surface area contributed by atoms with Gasteiger partial charge < -0.3 is 82.9 Å². The Morgan fingerprint density at radius 3 is 0.799 bits per heavy atom. The highest BCUT2D eigenvalue weighted by molar-refractivity contribution is 6.33. The molecule has 17 aromatic carbocycles. The Kier molecular flexibility index (Phi) is 46.3. The van der Waals surface area contributed by atoms with Gasteiger partial charge in [-0.2, -0.15) is 0 Å². The fourth-order valence-electron chi connectivity index (χ4n) is 18.9. The Balaban J connectivity index is 0.000000225. The van der Waals surface area contributed by atoms with Gasteiger partial charge in [0.25, 0.3) is 0 Å². The summed E-state index contributed by atoms with van der Waals surface area (Å²) in [7, 11) is 7.97. The lowest BCUT2D eigenvalue weighted by atomic mass is 9.90. The zero-order valence-electron chi connectivity index (χ0n) is 92.5. The van der Waals surface area contributed by atoms with Gasteiger partial charge in [0, 0.05) is 150 Å². The first-order valence-corrected chi connectivity index (χ1v) is 51.4. The van der Waals surface area contributed by atoms with Crippen LogP contribution < -0.4 is 98.0 Å². The van der Waals surface area contributed by atoms with Gasteiger partial charge in [-0.25, -0.2) is 0 Å². The minimum Gasteiger partial charge on any atom is -0.388 e. The zero-order chi connectivity index (χ0) is 102. The number of benzene rings is 17. The predicted octanol–water partition coefficient (Wildman–Crippen LogP) is 26.9. The normalized spacial score (nSPS) is 10.3. The van der Waals surface area contributed by atoms with Gasteiger partial charge in [0.1, 0.15) is 0 Å². The summed E-state index contributed by atoms with van der Waals surface area (Å²) in [6.07, 6.45) is 0. The SMILES string of the molecule is C=c1ccc(=C(c2ccc(C)cc2)c2ccc(N(CC)CC)cc2)cc1.C=c1ccc(=C(c2ccc(N(CC)CC)cc2)c2ccc(NC)c3ccccc23)cc1.C=c1ccc(=C(c2ccc(N(CC)CC)cc2)c2ccc(NCC)c3ccccc23)cc1.C=c1ccc(=C(c2ccc(NC)c(Cl)c2)c2ccc(N(C)C)cc2C)cc1.C=c1ccc(=C(c2ccc(NCC)cc2)c2ccc(N(CC)CC)cc2)cc1.[CH3-].[CH3-].[CH3-].[CH3-].[CH3-]. The highest BCUT2D eigenvalue weighted by Crippen LogP contribution is 2.38. The third-order valence-electron chi connectivity index (χ3n) is 26.8. The number of fused-ring (bicyclic) bond motifs is 2. The molecule has 0 saturated heterocycles. The van der Waals surface area contributed by atoms with E-state index in [9.17, 15) is 0 Å². The summed E-state index contributed by atoms with van der Waals surface area (Å²) in [5.41, 5.74) is 31.4. The van der Waals surface area contributed by atoms with Crippen LogP contribution in [0.3, 0.4) is 0 Å². The van der Waals surface area contributed by atoms with E-state index in [4.69, 9.17) is 11.6 Å². The van der Waals surface area contributed by atoms with Crippen molar-refractivity contribution < 1.29 is 0 Å². The number of hydrogen-bond donors (Lipinski definition) is 4. The van der Waals surface area contributed by atoms with Crippen molar-refractivity contribution in [3.05, 3.63) is 537 Å². The number of nitrogens with zero attached hydrogens (tertiary/aromatic N) is 5. The third kappa shape index (κ3) is 29.9. The van der Waals surface area contributed by atoms with Crippen LogP contribution >= 0.6 is 11.6 Å². The molecule has 0 aliphatic rings. The van der Waals surface area contributed by atoms with Crippen LogP contribution in [0.15, 0.2) is 376 Å². The van der Waals surface area contributed by atoms with E-state index in [-0.39, 0.29) is 37.1 Å². The third-order valence-corrected chi connectivity index (χ3v) is 27.1. The predicted molar refractivity (Wildman–Crippen MR) is 666 cm³/mol. The quantitative estimate of drug-likeness (QED) is 0.0344. The van der Waals surface area contributed by atoms with Crippen LogP contribution in [0.4, 0.5) is 51.2 Å². The fraction of sp³-hybridized carbons (Fsp3) is 0.187. The lowest BCUT2D eigenvalue weighted by molar-refractivity contribution is 0.866. The van der Waals surface area contributed by atoms with E-state index in [1.165, 1.54) is 166 Å². The maximum atomic E-state index is 6.49. The van der Waals surface area contributed by atoms with E-state index in [2.05, 4.69) is 528 Å². The molecule has 9 nitrogen and oxygen atoms in total. The first-order valence-electron chi connectivity index (χ1n) is 51.0. The Morgan fingerprint density at radius 1 is 0.248 bits per heavy atom. The average molecular weight is 1990 g/mol. The summed E-state index contributed by atoms with van der Waals surface area (Å²) in [6.45, 7) is 56.2. The van der Waals surface area contributed by atoms with Gasteiger partial charge in [-0.1, -0.05) is 329 Å². The molecule has 0 aliphatic heterocycles. The molecule has 0 saturated carbocycles. The molecule has 149 heavy (non-hydrogen) atoms. The topological polar surface area (TPSA) is 64.3 Å². The van der Waals surface area contributed by atoms with Crippen molar-refractivity contribution in [1.82, 2.24) is 0 Å². The van der Waals surface area contributed by atoms with Gasteiger partial charge in [-0.3, -0.25) is 0 Å². The molecule has 772 valence electrons. The Labute approximate surface area is 898 Å². The number of hydrogen-bond acceptors (Lipinski definition) is 9. The molecule has 17 rings (SSSR count). The van der Waals surface area contributed by atoms with Crippen LogP contribution in [-0.4, -0.2) is 93.6 Å². The second-order valence-electron chi connectivity index (χ2n) is 36.2. The molecule has 0 aliphatic carbocycles. The van der Waals surface area contributed by atoms with Crippen LogP contribution in [0.25, 0.3) is 82.3 Å². The van der Waals surface area contributed by atoms with Crippen LogP contribution in [-0.2, 0) is 0 Å². The first kappa shape index (κ1) is 119. The van der Waals surface area contributed by atoms with Crippen LogP contribution in [0.1, 0.15) is 136 Å². The number of anilines is 9. The Hall–Kier alpha value is -15.6. The molecule has 0 bridgehead atoms. The molecule has 0 amide bonds. The van der Waals surface area contributed by atoms with Gasteiger partial charge in [-0.15, -0.1) is 0 Å². The largest absolute Gasteiger partial charge is 0.388 e. The Bertz CT molecular complexity index is 7700. The van der Waals surface area contributed by atoms with Crippen molar-refractivity contribution >= 4 is 145 Å². The summed E-state index contributed by atoms with van der Waals surface area (Å²) in [6, 6.07) is 135. The second-order valence-corrected chi connectivity index (χ2v) is 36.6. The van der Waals surface area contributed by atoms with E-state index < -0.39 is 0 Å². The standard InChI is InChI=1S/C30H32N2.C29H30N2.C26H30N2.C25H27N.C24H25ClN2.5CH3/c1-5-31-29-21-20-28(26-10-8-9-11-27(26)29)30(23-14-12-22(4)13-15-23)24-16-18-25(19-17-24)32(6-2)7-3;1-5-31(6-2)24-17-15-23(16-18-24)29(22-13-11-21(3)12-14-22)27-19-20-28(30-4)26-10-8-7-9-25(26)27;1-5-27-24-16-12-22(13-17-24)26(21-10-8-20(4)9-11-21)23-14-18-25(19-15-23)28(6-2)7-3;1-5-26(6-2)24-17-15-23(16-18-24)25(21-11-7-19(3)8-12-21)22-13-9-20(4)10-14-22;1-16-6-8-18(9-7-16)24(19-10-13-23(26-3)22(25)15-19)21-12-11-20(27(4)5)14-17(21)2;;;;;/h8-21,31H,4-7H2,1-3H3;7-20,30H,3,5-6H2,1-2,4H3;8-19,27H,4-7H2,1-3H3;7-18H,3,5-6H2,1-2,4H3;6-15,26H,1H2,2-5H3;5*1H3/q;;;;;5*-1. The van der Waals surface area contributed by atoms with Crippen LogP contribution in [0, 0.1) is 51.0 Å². The molecule has 0 heterocycles. The molecule has 17 aromatic rings. The van der Waals surface area contributed by atoms with Crippen LogP contribution in [0.2, 0.25) is 5.02 Å². The van der Waals surface area contributed by atoms with Gasteiger partial charge in [-0.05, 0) is 332 Å². The minimum absolute atomic E-state index is 0. The summed E-state index contributed by atoms with van der Waals surface area (Å²) >= 11 is 6.49. The van der Waals surface area contributed by atoms with Gasteiger partial charge >= 0.3 is 0 Å². The molecule has 0 atom stereocenters. The first-order chi connectivity index (χ1) is 70.0. The van der Waals surface area contributed by atoms with E-state index in [0.717, 1.165) is 119 Å². The Morgan fingerprint density at radius 2 is 0.503 bits per heavy atom. The van der Waals surface area contributed by atoms with E-state index in [1.54, 1.807) is 0 Å². The molecule has 0 aromatic heterocycles. The van der Waals surface area contributed by atoms with Crippen molar-refractivity contribution in [2.45, 2.75) is 83.1 Å². The lowest BCUT2D eigenvalue weighted by Gasteiger charge is -2.22. The van der Waals surface area contributed by atoms with Crippen molar-refractivity contribution in [2.24, 2.45) is 0 Å². The molecular formula is C139H159ClN9-5. The highest BCUT2D eigenvalue weighted by atomic mass is 35.5. The van der Waals surface area contributed by atoms with E-state index in [0.29, 0.717) is 5.02 Å². The fourth-order valence-corrected chi connectivity index (χ4v) is 19.1. The smallest absolute Gasteiger partial charge is 0.0643 e. The van der Waals surface area contributed by atoms with Gasteiger partial charge in [0.05, 0.1) is 10.7 Å². The average Bonchev–Trinajstić information content (AvgIpc) is 0.767. The zero-order valence-corrected chi connectivity index (χ0v) is 93.3. The molecule has 4 N–H and O–H groups in total. The van der Waals surface area contributed by atoms with E-state index in [1.807, 2.05) is 38.4 Å². The van der Waals surface area contributed by atoms with Gasteiger partial charge in [0.2, 0.25) is 0 Å². The van der Waals surface area contributed by atoms with Crippen molar-refractivity contribution in [3.8, 4) is 0 Å². The summed E-state index contributed by atoms with van der Waals surface area (Å²) in [4.78, 5) is 11.6. The molecule has 0 radical (unpaired) electrons. The number of halogens is 1. The monoisotopic (exact) mass is 1990 g/mol. The maximum Gasteiger partial charge on any atom is 0.0643 e. The maximum absolute atomic E-state index is 6.49. The molecule has 0 spiro atoms. The highest BCUT2D eigenvalue weighted by Gasteiger charge is 2.20. The van der Waals surface area contributed by atoms with Crippen LogP contribution in [0.5, 0.6) is 0 Å².